The minimum atomic E-state index is -0.139. The third-order valence-electron chi connectivity index (χ3n) is 6.76. The van der Waals surface area contributed by atoms with Crippen LogP contribution >= 0.6 is 11.3 Å². The molecule has 2 aromatic rings. The standard InChI is InChI=1S/C28H41N3O3S.2C2H6/c1-7-10-21(11-8-2)25-24(27(33)29-17-23-18(4)16-19(5)30-26(23)32)20(6)28(35-25)31(9-3)22-12-14-34-15-13-22;2*1-2/h10,16,22H,7-9,11-15,17H2,1-6H3,(H,29,33)(H,30,32);2*1-2H3/b21-10+;;. The van der Waals surface area contributed by atoms with Crippen molar-refractivity contribution in [1.29, 1.82) is 0 Å². The van der Waals surface area contributed by atoms with Gasteiger partial charge in [0, 0.05) is 48.5 Å². The summed E-state index contributed by atoms with van der Waals surface area (Å²) in [6.07, 6.45) is 7.16. The summed E-state index contributed by atoms with van der Waals surface area (Å²) >= 11 is 1.75. The number of hydrogen-bond acceptors (Lipinski definition) is 5. The second-order valence-corrected chi connectivity index (χ2v) is 10.4. The molecule has 3 heterocycles. The topological polar surface area (TPSA) is 74.4 Å². The Morgan fingerprint density at radius 3 is 2.31 bits per heavy atom. The van der Waals surface area contributed by atoms with Crippen LogP contribution in [0.5, 0.6) is 0 Å². The van der Waals surface area contributed by atoms with Gasteiger partial charge in [0.25, 0.3) is 11.5 Å². The number of aromatic nitrogens is 1. The van der Waals surface area contributed by atoms with Gasteiger partial charge in [0.2, 0.25) is 0 Å². The first kappa shape index (κ1) is 34.6. The van der Waals surface area contributed by atoms with Gasteiger partial charge in [0.05, 0.1) is 10.6 Å². The Morgan fingerprint density at radius 2 is 1.77 bits per heavy atom. The number of nitrogens with one attached hydrogen (secondary N) is 2. The molecule has 0 atom stereocenters. The monoisotopic (exact) mass is 559 g/mol. The molecule has 2 aromatic heterocycles. The average molecular weight is 560 g/mol. The van der Waals surface area contributed by atoms with Crippen molar-refractivity contribution in [3.05, 3.63) is 55.3 Å². The lowest BCUT2D eigenvalue weighted by atomic mass is 10.0. The molecular formula is C32H53N3O3S. The fourth-order valence-corrected chi connectivity index (χ4v) is 6.53. The predicted molar refractivity (Wildman–Crippen MR) is 169 cm³/mol. The number of allylic oxidation sites excluding steroid dienone is 2. The Morgan fingerprint density at radius 1 is 1.13 bits per heavy atom. The number of anilines is 1. The molecule has 220 valence electrons. The van der Waals surface area contributed by atoms with Gasteiger partial charge in [-0.25, -0.2) is 0 Å². The number of thiophene rings is 1. The van der Waals surface area contributed by atoms with Gasteiger partial charge in [0.15, 0.2) is 0 Å². The number of carbonyl (C=O) groups excluding carboxylic acids is 1. The molecule has 1 fully saturated rings. The highest BCUT2D eigenvalue weighted by atomic mass is 32.1. The predicted octanol–water partition coefficient (Wildman–Crippen LogP) is 7.94. The molecule has 0 aliphatic carbocycles. The lowest BCUT2D eigenvalue weighted by molar-refractivity contribution is 0.0847. The van der Waals surface area contributed by atoms with E-state index < -0.39 is 0 Å². The van der Waals surface area contributed by atoms with Crippen molar-refractivity contribution in [2.45, 2.75) is 114 Å². The number of amides is 1. The Kier molecular flexibility index (Phi) is 16.0. The van der Waals surface area contributed by atoms with Gasteiger partial charge in [-0.05, 0) is 76.1 Å². The number of aryl methyl sites for hydroxylation is 2. The summed E-state index contributed by atoms with van der Waals surface area (Å²) in [7, 11) is 0. The summed E-state index contributed by atoms with van der Waals surface area (Å²) in [4.78, 5) is 32.6. The van der Waals surface area contributed by atoms with Crippen molar-refractivity contribution in [1.82, 2.24) is 10.3 Å². The van der Waals surface area contributed by atoms with Gasteiger partial charge < -0.3 is 19.9 Å². The van der Waals surface area contributed by atoms with Crippen LogP contribution in [0.1, 0.15) is 118 Å². The maximum atomic E-state index is 13.7. The van der Waals surface area contributed by atoms with Crippen LogP contribution in [0, 0.1) is 20.8 Å². The molecule has 6 nitrogen and oxygen atoms in total. The van der Waals surface area contributed by atoms with E-state index in [1.165, 1.54) is 10.6 Å². The molecule has 1 saturated heterocycles. The number of aromatic amines is 1. The van der Waals surface area contributed by atoms with Gasteiger partial charge in [0.1, 0.15) is 0 Å². The number of pyridine rings is 1. The van der Waals surface area contributed by atoms with E-state index in [1.54, 1.807) is 11.3 Å². The summed E-state index contributed by atoms with van der Waals surface area (Å²) in [5.74, 6) is -0.111. The van der Waals surface area contributed by atoms with Crippen LogP contribution in [0.4, 0.5) is 5.00 Å². The number of ether oxygens (including phenoxy) is 1. The molecule has 1 amide bonds. The molecule has 0 spiro atoms. The number of carbonyl (C=O) groups is 1. The Labute approximate surface area is 241 Å². The largest absolute Gasteiger partial charge is 0.381 e. The first-order chi connectivity index (χ1) is 18.8. The number of nitrogens with zero attached hydrogens (tertiary/aromatic N) is 1. The molecule has 39 heavy (non-hydrogen) atoms. The summed E-state index contributed by atoms with van der Waals surface area (Å²) in [6, 6.07) is 2.37. The second-order valence-electron chi connectivity index (χ2n) is 9.38. The van der Waals surface area contributed by atoms with Crippen molar-refractivity contribution in [3.8, 4) is 0 Å². The smallest absolute Gasteiger partial charge is 0.253 e. The van der Waals surface area contributed by atoms with Crippen LogP contribution < -0.4 is 15.8 Å². The fraction of sp³-hybridized carbons (Fsp3) is 0.625. The van der Waals surface area contributed by atoms with Crippen molar-refractivity contribution in [2.75, 3.05) is 24.7 Å². The zero-order valence-electron chi connectivity index (χ0n) is 26.2. The lowest BCUT2D eigenvalue weighted by Gasteiger charge is -2.34. The molecule has 0 unspecified atom stereocenters. The third-order valence-corrected chi connectivity index (χ3v) is 8.17. The molecule has 3 rings (SSSR count). The average Bonchev–Trinajstić information content (AvgIpc) is 3.27. The van der Waals surface area contributed by atoms with E-state index in [1.807, 2.05) is 47.6 Å². The first-order valence-corrected chi connectivity index (χ1v) is 15.8. The van der Waals surface area contributed by atoms with Crippen molar-refractivity contribution in [2.24, 2.45) is 0 Å². The molecule has 0 saturated carbocycles. The highest BCUT2D eigenvalue weighted by Crippen LogP contribution is 2.42. The van der Waals surface area contributed by atoms with E-state index in [4.69, 9.17) is 4.74 Å². The van der Waals surface area contributed by atoms with E-state index in [2.05, 4.69) is 49.0 Å². The quantitative estimate of drug-likeness (QED) is 0.310. The van der Waals surface area contributed by atoms with Gasteiger partial charge >= 0.3 is 0 Å². The van der Waals surface area contributed by atoms with E-state index in [0.717, 1.165) is 79.1 Å². The summed E-state index contributed by atoms with van der Waals surface area (Å²) in [6.45, 7) is 23.0. The van der Waals surface area contributed by atoms with Crippen LogP contribution in [0.2, 0.25) is 0 Å². The Balaban J connectivity index is 0.00000181. The molecule has 7 heteroatoms. The van der Waals surface area contributed by atoms with Crippen LogP contribution in [0.25, 0.3) is 5.57 Å². The normalized spacial score (nSPS) is 13.6. The van der Waals surface area contributed by atoms with E-state index in [9.17, 15) is 9.59 Å². The van der Waals surface area contributed by atoms with Crippen LogP contribution in [-0.4, -0.2) is 36.7 Å². The number of hydrogen-bond donors (Lipinski definition) is 2. The molecule has 1 aliphatic heterocycles. The second kappa shape index (κ2) is 18.1. The summed E-state index contributed by atoms with van der Waals surface area (Å²) in [5, 5.41) is 4.25. The van der Waals surface area contributed by atoms with Crippen LogP contribution in [0.3, 0.4) is 0 Å². The molecule has 0 bridgehead atoms. The van der Waals surface area contributed by atoms with Gasteiger partial charge in [-0.15, -0.1) is 11.3 Å². The van der Waals surface area contributed by atoms with E-state index >= 15 is 0 Å². The van der Waals surface area contributed by atoms with Gasteiger partial charge in [-0.2, -0.15) is 0 Å². The molecule has 0 radical (unpaired) electrons. The van der Waals surface area contributed by atoms with Crippen molar-refractivity contribution >= 4 is 27.8 Å². The molecule has 2 N–H and O–H groups in total. The Bertz CT molecular complexity index is 1110. The minimum absolute atomic E-state index is 0.111. The molecule has 0 aromatic carbocycles. The van der Waals surface area contributed by atoms with E-state index in [0.29, 0.717) is 11.6 Å². The van der Waals surface area contributed by atoms with Crippen LogP contribution in [0.15, 0.2) is 16.9 Å². The zero-order valence-corrected chi connectivity index (χ0v) is 27.0. The van der Waals surface area contributed by atoms with Gasteiger partial charge in [-0.3, -0.25) is 9.59 Å². The zero-order chi connectivity index (χ0) is 29.5. The first-order valence-electron chi connectivity index (χ1n) is 15.0. The van der Waals surface area contributed by atoms with Crippen molar-refractivity contribution in [3.63, 3.8) is 0 Å². The van der Waals surface area contributed by atoms with Gasteiger partial charge in [-0.1, -0.05) is 54.0 Å². The summed E-state index contributed by atoms with van der Waals surface area (Å²) in [5.41, 5.74) is 5.21. The highest BCUT2D eigenvalue weighted by Gasteiger charge is 2.29. The Hall–Kier alpha value is -2.38. The van der Waals surface area contributed by atoms with E-state index in [-0.39, 0.29) is 18.0 Å². The maximum absolute atomic E-state index is 13.7. The molecule has 1 aliphatic rings. The minimum Gasteiger partial charge on any atom is -0.381 e. The number of H-pyrrole nitrogens is 1. The van der Waals surface area contributed by atoms with Crippen molar-refractivity contribution < 1.29 is 9.53 Å². The number of rotatable bonds is 10. The third kappa shape index (κ3) is 9.07. The maximum Gasteiger partial charge on any atom is 0.253 e. The summed E-state index contributed by atoms with van der Waals surface area (Å²) < 4.78 is 5.61. The van der Waals surface area contributed by atoms with Crippen LogP contribution in [-0.2, 0) is 11.3 Å². The lowest BCUT2D eigenvalue weighted by Crippen LogP contribution is -2.39. The fourth-order valence-electron chi connectivity index (χ4n) is 5.02. The SMILES string of the molecule is CC.CC.CC/C=C(\CCC)c1sc(N(CC)C2CCOCC2)c(C)c1C(=O)NCc1c(C)cc(C)[nH]c1=O. The molecular weight excluding hydrogens is 506 g/mol. The highest BCUT2D eigenvalue weighted by molar-refractivity contribution is 7.17.